The second-order valence-electron chi connectivity index (χ2n) is 6.33. The number of likely N-dealkylation sites (tertiary alicyclic amines) is 1. The largest absolute Gasteiger partial charge is 0.497 e. The van der Waals surface area contributed by atoms with Gasteiger partial charge in [0.25, 0.3) is 0 Å². The van der Waals surface area contributed by atoms with Crippen LogP contribution in [-0.4, -0.2) is 30.2 Å². The Hall–Kier alpha value is -1.26. The van der Waals surface area contributed by atoms with Crippen LogP contribution in [0.1, 0.15) is 24.0 Å². The van der Waals surface area contributed by atoms with Crippen molar-refractivity contribution in [2.75, 3.05) is 20.2 Å². The molecule has 24 heavy (non-hydrogen) atoms. The highest BCUT2D eigenvalue weighted by molar-refractivity contribution is 6.42. The summed E-state index contributed by atoms with van der Waals surface area (Å²) in [6, 6.07) is 13.4. The summed E-state index contributed by atoms with van der Waals surface area (Å²) in [5.41, 5.74) is 1.14. The number of benzene rings is 2. The summed E-state index contributed by atoms with van der Waals surface area (Å²) in [4.78, 5) is 2.25. The molecule has 0 spiro atoms. The van der Waals surface area contributed by atoms with E-state index >= 15 is 0 Å². The van der Waals surface area contributed by atoms with E-state index in [0.717, 1.165) is 42.8 Å². The van der Waals surface area contributed by atoms with Crippen LogP contribution in [-0.2, 0) is 12.1 Å². The zero-order valence-electron chi connectivity index (χ0n) is 13.6. The fraction of sp³-hybridized carbons (Fsp3) is 0.368. The van der Waals surface area contributed by atoms with Gasteiger partial charge in [-0.3, -0.25) is 4.90 Å². The van der Waals surface area contributed by atoms with Crippen LogP contribution in [0.25, 0.3) is 0 Å². The van der Waals surface area contributed by atoms with Crippen LogP contribution in [0.4, 0.5) is 0 Å². The highest BCUT2D eigenvalue weighted by Crippen LogP contribution is 2.34. The van der Waals surface area contributed by atoms with Crippen LogP contribution in [0.5, 0.6) is 5.75 Å². The molecule has 1 aliphatic rings. The van der Waals surface area contributed by atoms with Crippen molar-refractivity contribution >= 4 is 23.2 Å². The minimum absolute atomic E-state index is 0.562. The van der Waals surface area contributed by atoms with Crippen molar-refractivity contribution in [3.05, 3.63) is 63.6 Å². The second kappa shape index (κ2) is 7.32. The van der Waals surface area contributed by atoms with Gasteiger partial charge in [-0.25, -0.2) is 0 Å². The van der Waals surface area contributed by atoms with E-state index < -0.39 is 5.60 Å². The van der Waals surface area contributed by atoms with E-state index in [1.807, 2.05) is 42.5 Å². The molecule has 1 atom stereocenters. The summed E-state index contributed by atoms with van der Waals surface area (Å²) in [6.45, 7) is 2.27. The van der Waals surface area contributed by atoms with Crippen LogP contribution in [0.3, 0.4) is 0 Å². The first kappa shape index (κ1) is 17.6. The molecule has 0 bridgehead atoms. The maximum atomic E-state index is 11.2. The van der Waals surface area contributed by atoms with Gasteiger partial charge in [0.05, 0.1) is 17.2 Å². The second-order valence-corrected chi connectivity index (χ2v) is 7.14. The number of nitrogens with zero attached hydrogens (tertiary/aromatic N) is 1. The number of aliphatic hydroxyl groups is 1. The van der Waals surface area contributed by atoms with Crippen LogP contribution in [0, 0.1) is 0 Å². The molecule has 0 saturated carbocycles. The Kier molecular flexibility index (Phi) is 5.36. The molecule has 1 fully saturated rings. The molecule has 1 N–H and O–H groups in total. The van der Waals surface area contributed by atoms with Crippen molar-refractivity contribution < 1.29 is 9.84 Å². The number of hydrogen-bond donors (Lipinski definition) is 1. The first-order chi connectivity index (χ1) is 11.5. The van der Waals surface area contributed by atoms with E-state index in [2.05, 4.69) is 4.90 Å². The summed E-state index contributed by atoms with van der Waals surface area (Å²) in [7, 11) is 1.64. The molecule has 0 aliphatic carbocycles. The SMILES string of the molecule is COc1cccc(C2(O)CCCN(Cc3ccc(Cl)c(Cl)c3)C2)c1. The molecule has 0 amide bonds. The lowest BCUT2D eigenvalue weighted by molar-refractivity contribution is -0.0382. The Bertz CT molecular complexity index is 722. The Balaban J connectivity index is 1.76. The van der Waals surface area contributed by atoms with Crippen molar-refractivity contribution in [3.63, 3.8) is 0 Å². The third-order valence-corrected chi connectivity index (χ3v) is 5.29. The highest BCUT2D eigenvalue weighted by Gasteiger charge is 2.35. The van der Waals surface area contributed by atoms with E-state index in [9.17, 15) is 5.11 Å². The Morgan fingerprint density at radius 1 is 1.17 bits per heavy atom. The zero-order valence-corrected chi connectivity index (χ0v) is 15.1. The van der Waals surface area contributed by atoms with Crippen LogP contribution >= 0.6 is 23.2 Å². The lowest BCUT2D eigenvalue weighted by atomic mass is 9.85. The number of piperidine rings is 1. The van der Waals surface area contributed by atoms with E-state index in [4.69, 9.17) is 27.9 Å². The predicted molar refractivity (Wildman–Crippen MR) is 97.9 cm³/mol. The third kappa shape index (κ3) is 3.86. The van der Waals surface area contributed by atoms with Crippen molar-refractivity contribution in [2.24, 2.45) is 0 Å². The van der Waals surface area contributed by atoms with E-state index in [0.29, 0.717) is 16.6 Å². The summed E-state index contributed by atoms with van der Waals surface area (Å²) < 4.78 is 5.29. The zero-order chi connectivity index (χ0) is 17.2. The predicted octanol–water partition coefficient (Wildman–Crippen LogP) is 4.49. The topological polar surface area (TPSA) is 32.7 Å². The summed E-state index contributed by atoms with van der Waals surface area (Å²) in [5.74, 6) is 0.766. The van der Waals surface area contributed by atoms with Crippen molar-refractivity contribution in [1.29, 1.82) is 0 Å². The summed E-state index contributed by atoms with van der Waals surface area (Å²) in [6.07, 6.45) is 1.69. The van der Waals surface area contributed by atoms with Gasteiger partial charge in [0, 0.05) is 13.1 Å². The van der Waals surface area contributed by atoms with E-state index in [1.165, 1.54) is 0 Å². The lowest BCUT2D eigenvalue weighted by Crippen LogP contribution is -2.45. The Morgan fingerprint density at radius 3 is 2.75 bits per heavy atom. The van der Waals surface area contributed by atoms with Crippen LogP contribution in [0.15, 0.2) is 42.5 Å². The van der Waals surface area contributed by atoms with E-state index in [-0.39, 0.29) is 0 Å². The molecule has 128 valence electrons. The molecule has 3 nitrogen and oxygen atoms in total. The first-order valence-corrected chi connectivity index (χ1v) is 8.79. The molecule has 2 aromatic carbocycles. The molecule has 1 unspecified atom stereocenters. The van der Waals surface area contributed by atoms with Gasteiger partial charge in [-0.2, -0.15) is 0 Å². The Morgan fingerprint density at radius 2 is 2.00 bits per heavy atom. The first-order valence-electron chi connectivity index (χ1n) is 8.03. The lowest BCUT2D eigenvalue weighted by Gasteiger charge is -2.39. The molecular weight excluding hydrogens is 345 g/mol. The molecule has 1 saturated heterocycles. The number of halogens is 2. The molecule has 1 aliphatic heterocycles. The van der Waals surface area contributed by atoms with Gasteiger partial charge >= 0.3 is 0 Å². The average molecular weight is 366 g/mol. The number of β-amino-alcohol motifs (C(OH)–C–C–N with tert-alkyl or cyclic N) is 1. The fourth-order valence-corrected chi connectivity index (χ4v) is 3.62. The number of ether oxygens (including phenoxy) is 1. The monoisotopic (exact) mass is 365 g/mol. The van der Waals surface area contributed by atoms with Gasteiger partial charge < -0.3 is 9.84 Å². The van der Waals surface area contributed by atoms with Crippen LogP contribution in [0.2, 0.25) is 10.0 Å². The van der Waals surface area contributed by atoms with Gasteiger partial charge in [0.2, 0.25) is 0 Å². The Labute approximate surface area is 152 Å². The molecular formula is C19H21Cl2NO2. The number of rotatable bonds is 4. The highest BCUT2D eigenvalue weighted by atomic mass is 35.5. The van der Waals surface area contributed by atoms with Gasteiger partial charge in [-0.1, -0.05) is 41.4 Å². The maximum Gasteiger partial charge on any atom is 0.119 e. The molecule has 0 aromatic heterocycles. The fourth-order valence-electron chi connectivity index (χ4n) is 3.30. The summed E-state index contributed by atoms with van der Waals surface area (Å²) >= 11 is 12.1. The van der Waals surface area contributed by atoms with Crippen molar-refractivity contribution in [1.82, 2.24) is 4.90 Å². The van der Waals surface area contributed by atoms with Gasteiger partial charge in [-0.15, -0.1) is 0 Å². The standard InChI is InChI=1S/C19H21Cl2NO2/c1-24-16-5-2-4-15(11-16)19(23)8-3-9-22(13-19)12-14-6-7-17(20)18(21)10-14/h2,4-7,10-11,23H,3,8-9,12-13H2,1H3. The van der Waals surface area contributed by atoms with Crippen molar-refractivity contribution in [3.8, 4) is 5.75 Å². The minimum Gasteiger partial charge on any atom is -0.497 e. The molecule has 2 aromatic rings. The van der Waals surface area contributed by atoms with E-state index in [1.54, 1.807) is 7.11 Å². The average Bonchev–Trinajstić information content (AvgIpc) is 2.58. The molecule has 3 rings (SSSR count). The molecule has 0 radical (unpaired) electrons. The van der Waals surface area contributed by atoms with Gasteiger partial charge in [0.15, 0.2) is 0 Å². The smallest absolute Gasteiger partial charge is 0.119 e. The third-order valence-electron chi connectivity index (χ3n) is 4.55. The molecule has 5 heteroatoms. The van der Waals surface area contributed by atoms with Gasteiger partial charge in [0.1, 0.15) is 11.4 Å². The molecule has 1 heterocycles. The number of hydrogen-bond acceptors (Lipinski definition) is 3. The van der Waals surface area contributed by atoms with Crippen LogP contribution < -0.4 is 4.74 Å². The maximum absolute atomic E-state index is 11.2. The normalized spacial score (nSPS) is 21.7. The minimum atomic E-state index is -0.858. The summed E-state index contributed by atoms with van der Waals surface area (Å²) in [5, 5.41) is 12.3. The van der Waals surface area contributed by atoms with Gasteiger partial charge in [-0.05, 0) is 54.8 Å². The number of methoxy groups -OCH3 is 1. The quantitative estimate of drug-likeness (QED) is 0.866. The van der Waals surface area contributed by atoms with Crippen molar-refractivity contribution in [2.45, 2.75) is 25.0 Å².